The number of amides is 1. The summed E-state index contributed by atoms with van der Waals surface area (Å²) in [6.45, 7) is 2.24. The van der Waals surface area contributed by atoms with E-state index in [2.05, 4.69) is 11.4 Å². The summed E-state index contributed by atoms with van der Waals surface area (Å²) < 4.78 is 20.5. The maximum Gasteiger partial charge on any atom is 0.293 e. The number of oxazole rings is 1. The van der Waals surface area contributed by atoms with Crippen molar-refractivity contribution in [1.82, 2.24) is 9.88 Å². The molecule has 31 heavy (non-hydrogen) atoms. The lowest BCUT2D eigenvalue weighted by Crippen LogP contribution is -2.30. The molecule has 0 spiro atoms. The third kappa shape index (κ3) is 4.33. The summed E-state index contributed by atoms with van der Waals surface area (Å²) >= 11 is 0. The minimum absolute atomic E-state index is 0.0864. The normalized spacial score (nSPS) is 16.8. The molecule has 2 fully saturated rings. The van der Waals surface area contributed by atoms with Gasteiger partial charge in [-0.15, -0.1) is 0 Å². The maximum absolute atomic E-state index is 13.8. The Kier molecular flexibility index (Phi) is 5.00. The number of hydrogen-bond acceptors (Lipinski definition) is 3. The quantitative estimate of drug-likeness (QED) is 0.577. The first-order chi connectivity index (χ1) is 15.0. The molecule has 2 saturated carbocycles. The van der Waals surface area contributed by atoms with Crippen molar-refractivity contribution < 1.29 is 13.6 Å². The molecule has 1 heterocycles. The molecular formula is C25H26FN3O2. The summed E-state index contributed by atoms with van der Waals surface area (Å²) in [6.07, 6.45) is 7.65. The summed E-state index contributed by atoms with van der Waals surface area (Å²) in [5.74, 6) is 0.574. The number of hydrogen-bond donors (Lipinski definition) is 2. The van der Waals surface area contributed by atoms with Crippen LogP contribution in [0.2, 0.25) is 0 Å². The molecule has 6 heteroatoms. The first-order valence-electron chi connectivity index (χ1n) is 10.9. The van der Waals surface area contributed by atoms with Crippen molar-refractivity contribution in [3.63, 3.8) is 0 Å². The van der Waals surface area contributed by atoms with Crippen molar-refractivity contribution in [3.05, 3.63) is 88.2 Å². The van der Waals surface area contributed by atoms with Crippen molar-refractivity contribution in [1.29, 1.82) is 5.41 Å². The van der Waals surface area contributed by atoms with Crippen LogP contribution in [0, 0.1) is 24.1 Å². The fraction of sp³-hybridized carbons (Fsp3) is 0.360. The Balaban J connectivity index is 1.42. The van der Waals surface area contributed by atoms with Crippen LogP contribution in [0.4, 0.5) is 4.39 Å². The number of nitrogens with one attached hydrogen (secondary N) is 2. The zero-order valence-electron chi connectivity index (χ0n) is 17.5. The van der Waals surface area contributed by atoms with Crippen molar-refractivity contribution in [2.45, 2.75) is 51.1 Å². The summed E-state index contributed by atoms with van der Waals surface area (Å²) in [5.41, 5.74) is 4.44. The summed E-state index contributed by atoms with van der Waals surface area (Å²) in [4.78, 5) is 13.3. The van der Waals surface area contributed by atoms with E-state index in [0.29, 0.717) is 29.5 Å². The van der Waals surface area contributed by atoms with E-state index in [-0.39, 0.29) is 23.5 Å². The number of rotatable bonds is 7. The lowest BCUT2D eigenvalue weighted by atomic mass is 9.98. The number of benzene rings is 2. The van der Waals surface area contributed by atoms with Gasteiger partial charge >= 0.3 is 0 Å². The van der Waals surface area contributed by atoms with E-state index >= 15 is 0 Å². The van der Waals surface area contributed by atoms with Gasteiger partial charge in [0.1, 0.15) is 12.1 Å². The standard InChI is InChI=1S/C25H26FN3O2/c1-15-10-19(6-7-22(15)26)23(18-4-5-18)28-24(30)21-12-16(11-20(13-21)17-2-3-17)14-29-8-9-31-25(29)27/h6-13,17-18,23,27H,2-5,14H2,1H3,(H,28,30)/t23-/m0/s1. The largest absolute Gasteiger partial charge is 0.432 e. The molecule has 160 valence electrons. The molecule has 2 aromatic carbocycles. The van der Waals surface area contributed by atoms with Crippen molar-refractivity contribution in [2.24, 2.45) is 5.92 Å². The van der Waals surface area contributed by atoms with Crippen LogP contribution >= 0.6 is 0 Å². The van der Waals surface area contributed by atoms with Crippen LogP contribution in [0.25, 0.3) is 0 Å². The summed E-state index contributed by atoms with van der Waals surface area (Å²) in [7, 11) is 0. The minimum Gasteiger partial charge on any atom is -0.432 e. The number of halogens is 1. The van der Waals surface area contributed by atoms with Gasteiger partial charge in [0.15, 0.2) is 0 Å². The van der Waals surface area contributed by atoms with Gasteiger partial charge < -0.3 is 9.73 Å². The molecule has 0 saturated heterocycles. The van der Waals surface area contributed by atoms with Gasteiger partial charge in [-0.1, -0.05) is 18.2 Å². The predicted octanol–water partition coefficient (Wildman–Crippen LogP) is 4.81. The first-order valence-corrected chi connectivity index (χ1v) is 10.9. The van der Waals surface area contributed by atoms with E-state index in [1.807, 2.05) is 18.2 Å². The Morgan fingerprint density at radius 1 is 1.23 bits per heavy atom. The monoisotopic (exact) mass is 419 g/mol. The molecule has 2 aliphatic carbocycles. The molecule has 5 rings (SSSR count). The van der Waals surface area contributed by atoms with Crippen LogP contribution in [0.3, 0.4) is 0 Å². The second-order valence-electron chi connectivity index (χ2n) is 8.87. The summed E-state index contributed by atoms with van der Waals surface area (Å²) in [6, 6.07) is 11.0. The fourth-order valence-electron chi connectivity index (χ4n) is 4.21. The van der Waals surface area contributed by atoms with Crippen molar-refractivity contribution in [3.8, 4) is 0 Å². The van der Waals surface area contributed by atoms with Gasteiger partial charge in [-0.05, 0) is 84.9 Å². The third-order valence-electron chi connectivity index (χ3n) is 6.28. The van der Waals surface area contributed by atoms with Gasteiger partial charge in [0.25, 0.3) is 11.6 Å². The highest BCUT2D eigenvalue weighted by molar-refractivity contribution is 5.95. The molecule has 3 aromatic rings. The first kappa shape index (κ1) is 19.8. The van der Waals surface area contributed by atoms with Gasteiger partial charge in [0.05, 0.1) is 12.6 Å². The zero-order valence-corrected chi connectivity index (χ0v) is 17.5. The van der Waals surface area contributed by atoms with E-state index in [4.69, 9.17) is 9.83 Å². The van der Waals surface area contributed by atoms with Crippen LogP contribution in [0.15, 0.2) is 53.3 Å². The molecule has 0 bridgehead atoms. The number of aryl methyl sites for hydroxylation is 1. The molecule has 1 aromatic heterocycles. The SMILES string of the molecule is Cc1cc([C@@H](NC(=O)c2cc(Cn3ccoc3=N)cc(C3CC3)c2)C2CC2)ccc1F. The van der Waals surface area contributed by atoms with Gasteiger partial charge in [-0.3, -0.25) is 14.8 Å². The Morgan fingerprint density at radius 3 is 2.68 bits per heavy atom. The fourth-order valence-corrected chi connectivity index (χ4v) is 4.21. The Hall–Kier alpha value is -3.15. The van der Waals surface area contributed by atoms with Gasteiger partial charge in [-0.2, -0.15) is 0 Å². The molecule has 0 aliphatic heterocycles. The Bertz CT molecular complexity index is 1190. The highest BCUT2D eigenvalue weighted by atomic mass is 19.1. The Morgan fingerprint density at radius 2 is 2.03 bits per heavy atom. The van der Waals surface area contributed by atoms with Crippen LogP contribution in [-0.2, 0) is 6.54 Å². The molecule has 5 nitrogen and oxygen atoms in total. The predicted molar refractivity (Wildman–Crippen MR) is 114 cm³/mol. The minimum atomic E-state index is -0.225. The van der Waals surface area contributed by atoms with E-state index in [1.165, 1.54) is 17.9 Å². The van der Waals surface area contributed by atoms with Crippen molar-refractivity contribution >= 4 is 5.91 Å². The molecule has 1 amide bonds. The van der Waals surface area contributed by atoms with Crippen molar-refractivity contribution in [2.75, 3.05) is 0 Å². The molecule has 2 aliphatic rings. The van der Waals surface area contributed by atoms with E-state index in [9.17, 15) is 9.18 Å². The Labute approximate surface area is 180 Å². The lowest BCUT2D eigenvalue weighted by Gasteiger charge is -2.20. The second kappa shape index (κ2) is 7.84. The topological polar surface area (TPSA) is 71.0 Å². The average molecular weight is 420 g/mol. The number of carbonyl (C=O) groups is 1. The van der Waals surface area contributed by atoms with E-state index < -0.39 is 0 Å². The molecule has 1 atom stereocenters. The van der Waals surface area contributed by atoms with E-state index in [1.54, 1.807) is 23.8 Å². The van der Waals surface area contributed by atoms with Crippen LogP contribution in [0.5, 0.6) is 0 Å². The number of aromatic nitrogens is 1. The maximum atomic E-state index is 13.8. The number of nitrogens with zero attached hydrogens (tertiary/aromatic N) is 1. The average Bonchev–Trinajstić information content (AvgIpc) is 3.67. The molecule has 2 N–H and O–H groups in total. The van der Waals surface area contributed by atoms with E-state index in [0.717, 1.165) is 36.8 Å². The summed E-state index contributed by atoms with van der Waals surface area (Å²) in [5, 5.41) is 11.1. The zero-order chi connectivity index (χ0) is 21.5. The van der Waals surface area contributed by atoms with Gasteiger partial charge in [-0.25, -0.2) is 4.39 Å². The molecular weight excluding hydrogens is 393 g/mol. The van der Waals surface area contributed by atoms with Crippen LogP contribution in [-0.4, -0.2) is 10.5 Å². The van der Waals surface area contributed by atoms with Crippen LogP contribution in [0.1, 0.15) is 70.3 Å². The highest BCUT2D eigenvalue weighted by Gasteiger charge is 2.34. The highest BCUT2D eigenvalue weighted by Crippen LogP contribution is 2.42. The second-order valence-corrected chi connectivity index (χ2v) is 8.87. The molecule has 0 unspecified atom stereocenters. The lowest BCUT2D eigenvalue weighted by molar-refractivity contribution is 0.0931. The smallest absolute Gasteiger partial charge is 0.293 e. The van der Waals surface area contributed by atoms with Gasteiger partial charge in [0, 0.05) is 11.8 Å². The third-order valence-corrected chi connectivity index (χ3v) is 6.28. The van der Waals surface area contributed by atoms with Gasteiger partial charge in [0.2, 0.25) is 0 Å². The number of carbonyl (C=O) groups excluding carboxylic acids is 1. The van der Waals surface area contributed by atoms with Crippen LogP contribution < -0.4 is 11.0 Å². The molecule has 0 radical (unpaired) electrons.